The number of nitrogens with zero attached hydrogens (tertiary/aromatic N) is 5. The normalized spacial score (nSPS) is 10.2. The van der Waals surface area contributed by atoms with Gasteiger partial charge in [0.25, 0.3) is 5.22 Å². The van der Waals surface area contributed by atoms with Gasteiger partial charge in [-0.1, -0.05) is 0 Å². The van der Waals surface area contributed by atoms with Crippen molar-refractivity contribution >= 4 is 11.8 Å². The molecule has 0 unspecified atom stereocenters. The van der Waals surface area contributed by atoms with Crippen LogP contribution in [0.4, 0.5) is 0 Å². The van der Waals surface area contributed by atoms with Crippen molar-refractivity contribution in [1.82, 2.24) is 20.4 Å². The standard InChI is InChI=1S/C10H9N5OS/c1-5-6(2)12-14-9(8(5)4-11)17-10-15-13-7(3)16-10/h1-3H3. The largest absolute Gasteiger partial charge is 0.416 e. The molecule has 0 atom stereocenters. The monoisotopic (exact) mass is 247 g/mol. The Balaban J connectivity index is 2.40. The molecule has 0 fully saturated rings. The van der Waals surface area contributed by atoms with E-state index in [0.717, 1.165) is 23.0 Å². The van der Waals surface area contributed by atoms with Crippen LogP contribution in [0.25, 0.3) is 0 Å². The summed E-state index contributed by atoms with van der Waals surface area (Å²) >= 11 is 1.15. The Labute approximate surface area is 102 Å². The van der Waals surface area contributed by atoms with Crippen molar-refractivity contribution in [3.8, 4) is 6.07 Å². The highest BCUT2D eigenvalue weighted by Crippen LogP contribution is 2.28. The Hall–Kier alpha value is -1.94. The van der Waals surface area contributed by atoms with E-state index in [-0.39, 0.29) is 0 Å². The third kappa shape index (κ3) is 2.26. The number of aromatic nitrogens is 4. The fourth-order valence-corrected chi connectivity index (χ4v) is 1.98. The Morgan fingerprint density at radius 1 is 1.12 bits per heavy atom. The zero-order valence-electron chi connectivity index (χ0n) is 9.55. The molecule has 0 spiro atoms. The summed E-state index contributed by atoms with van der Waals surface area (Å²) < 4.78 is 5.22. The number of hydrogen-bond acceptors (Lipinski definition) is 7. The van der Waals surface area contributed by atoms with Crippen LogP contribution in [0.2, 0.25) is 0 Å². The summed E-state index contributed by atoms with van der Waals surface area (Å²) in [5, 5.41) is 25.5. The minimum absolute atomic E-state index is 0.358. The molecule has 0 N–H and O–H groups in total. The maximum atomic E-state index is 9.11. The van der Waals surface area contributed by atoms with Gasteiger partial charge < -0.3 is 4.42 Å². The molecule has 86 valence electrons. The van der Waals surface area contributed by atoms with Crippen LogP contribution >= 0.6 is 11.8 Å². The molecule has 0 aliphatic carbocycles. The van der Waals surface area contributed by atoms with E-state index < -0.39 is 0 Å². The fourth-order valence-electron chi connectivity index (χ4n) is 1.19. The van der Waals surface area contributed by atoms with Gasteiger partial charge in [0.15, 0.2) is 0 Å². The summed E-state index contributed by atoms with van der Waals surface area (Å²) in [5.41, 5.74) is 2.06. The molecule has 0 bridgehead atoms. The van der Waals surface area contributed by atoms with Crippen molar-refractivity contribution in [2.24, 2.45) is 0 Å². The molecule has 17 heavy (non-hydrogen) atoms. The quantitative estimate of drug-likeness (QED) is 0.799. The number of hydrogen-bond donors (Lipinski definition) is 0. The van der Waals surface area contributed by atoms with Gasteiger partial charge in [-0.05, 0) is 31.2 Å². The van der Waals surface area contributed by atoms with E-state index in [9.17, 15) is 0 Å². The van der Waals surface area contributed by atoms with Gasteiger partial charge in [-0.2, -0.15) is 10.4 Å². The molecule has 0 radical (unpaired) electrons. The molecule has 0 aliphatic heterocycles. The van der Waals surface area contributed by atoms with Crippen molar-refractivity contribution in [3.63, 3.8) is 0 Å². The first kappa shape index (κ1) is 11.5. The lowest BCUT2D eigenvalue weighted by Crippen LogP contribution is -1.98. The first-order valence-corrected chi connectivity index (χ1v) is 5.65. The van der Waals surface area contributed by atoms with Crippen molar-refractivity contribution in [2.45, 2.75) is 31.0 Å². The van der Waals surface area contributed by atoms with Crippen LogP contribution in [-0.4, -0.2) is 20.4 Å². The average molecular weight is 247 g/mol. The molecule has 0 amide bonds. The maximum Gasteiger partial charge on any atom is 0.283 e. The maximum absolute atomic E-state index is 9.11. The van der Waals surface area contributed by atoms with Gasteiger partial charge in [0.2, 0.25) is 5.89 Å². The second kappa shape index (κ2) is 4.51. The zero-order valence-corrected chi connectivity index (χ0v) is 10.4. The molecular formula is C10H9N5OS. The Bertz CT molecular complexity index is 601. The minimum Gasteiger partial charge on any atom is -0.416 e. The predicted molar refractivity (Wildman–Crippen MR) is 59.4 cm³/mol. The van der Waals surface area contributed by atoms with Gasteiger partial charge in [0.1, 0.15) is 11.1 Å². The highest BCUT2D eigenvalue weighted by Gasteiger charge is 2.14. The first-order chi connectivity index (χ1) is 8.11. The molecule has 2 heterocycles. The van der Waals surface area contributed by atoms with Crippen LogP contribution in [0.5, 0.6) is 0 Å². The Morgan fingerprint density at radius 2 is 1.88 bits per heavy atom. The van der Waals surface area contributed by atoms with Gasteiger partial charge >= 0.3 is 0 Å². The summed E-state index contributed by atoms with van der Waals surface area (Å²) in [5.74, 6) is 0.475. The third-order valence-corrected chi connectivity index (χ3v) is 3.04. The molecule has 6 nitrogen and oxygen atoms in total. The minimum atomic E-state index is 0.358. The summed E-state index contributed by atoms with van der Waals surface area (Å²) in [6.45, 7) is 5.36. The molecule has 0 saturated carbocycles. The Kier molecular flexibility index (Phi) is 3.06. The smallest absolute Gasteiger partial charge is 0.283 e. The average Bonchev–Trinajstić information content (AvgIpc) is 2.70. The molecule has 0 saturated heterocycles. The summed E-state index contributed by atoms with van der Waals surface area (Å²) in [6.07, 6.45) is 0. The molecular weight excluding hydrogens is 238 g/mol. The lowest BCUT2D eigenvalue weighted by molar-refractivity contribution is 0.429. The van der Waals surface area contributed by atoms with E-state index in [2.05, 4.69) is 26.5 Å². The van der Waals surface area contributed by atoms with Crippen molar-refractivity contribution in [1.29, 1.82) is 5.26 Å². The van der Waals surface area contributed by atoms with E-state index in [1.165, 1.54) is 0 Å². The van der Waals surface area contributed by atoms with Gasteiger partial charge in [-0.15, -0.1) is 15.3 Å². The number of rotatable bonds is 2. The third-order valence-electron chi connectivity index (χ3n) is 2.23. The topological polar surface area (TPSA) is 88.5 Å². The predicted octanol–water partition coefficient (Wildman–Crippen LogP) is 1.81. The van der Waals surface area contributed by atoms with Crippen LogP contribution in [0.1, 0.15) is 22.7 Å². The molecule has 0 aromatic carbocycles. The van der Waals surface area contributed by atoms with Crippen LogP contribution in [0.15, 0.2) is 14.7 Å². The van der Waals surface area contributed by atoms with Crippen molar-refractivity contribution in [2.75, 3.05) is 0 Å². The van der Waals surface area contributed by atoms with Gasteiger partial charge in [0.05, 0.1) is 11.3 Å². The van der Waals surface area contributed by atoms with Crippen molar-refractivity contribution < 1.29 is 4.42 Å². The van der Waals surface area contributed by atoms with Crippen LogP contribution in [-0.2, 0) is 0 Å². The first-order valence-electron chi connectivity index (χ1n) is 4.83. The van der Waals surface area contributed by atoms with E-state index >= 15 is 0 Å². The van der Waals surface area contributed by atoms with E-state index in [4.69, 9.17) is 9.68 Å². The second-order valence-corrected chi connectivity index (χ2v) is 4.33. The highest BCUT2D eigenvalue weighted by atomic mass is 32.2. The Morgan fingerprint density at radius 3 is 2.47 bits per heavy atom. The number of nitriles is 1. The molecule has 7 heteroatoms. The molecule has 2 rings (SSSR count). The lowest BCUT2D eigenvalue weighted by Gasteiger charge is -2.03. The molecule has 2 aromatic heterocycles. The van der Waals surface area contributed by atoms with Crippen LogP contribution in [0.3, 0.4) is 0 Å². The lowest BCUT2D eigenvalue weighted by atomic mass is 10.1. The van der Waals surface area contributed by atoms with Crippen LogP contribution in [0, 0.1) is 32.1 Å². The van der Waals surface area contributed by atoms with E-state index in [1.807, 2.05) is 13.8 Å². The van der Waals surface area contributed by atoms with Crippen LogP contribution < -0.4 is 0 Å². The SMILES string of the molecule is Cc1nnc(Sc2nnc(C)c(C)c2C#N)o1. The van der Waals surface area contributed by atoms with E-state index in [0.29, 0.717) is 21.7 Å². The van der Waals surface area contributed by atoms with Gasteiger partial charge in [-0.3, -0.25) is 0 Å². The van der Waals surface area contributed by atoms with Crippen molar-refractivity contribution in [3.05, 3.63) is 22.7 Å². The van der Waals surface area contributed by atoms with Gasteiger partial charge in [0, 0.05) is 6.92 Å². The fraction of sp³-hybridized carbons (Fsp3) is 0.300. The molecule has 2 aromatic rings. The highest BCUT2D eigenvalue weighted by molar-refractivity contribution is 7.99. The summed E-state index contributed by atoms with van der Waals surface area (Å²) in [4.78, 5) is 0. The summed E-state index contributed by atoms with van der Waals surface area (Å²) in [7, 11) is 0. The summed E-state index contributed by atoms with van der Waals surface area (Å²) in [6, 6.07) is 2.12. The second-order valence-electron chi connectivity index (χ2n) is 3.39. The van der Waals surface area contributed by atoms with E-state index in [1.54, 1.807) is 6.92 Å². The zero-order chi connectivity index (χ0) is 12.4. The molecule has 0 aliphatic rings. The van der Waals surface area contributed by atoms with Gasteiger partial charge in [-0.25, -0.2) is 0 Å². The number of aryl methyl sites for hydroxylation is 2.